The Hall–Kier alpha value is -1.58. The van der Waals surface area contributed by atoms with Crippen LogP contribution in [-0.4, -0.2) is 22.3 Å². The molecule has 0 radical (unpaired) electrons. The fourth-order valence-electron chi connectivity index (χ4n) is 0.992. The molecule has 1 aromatic rings. The van der Waals surface area contributed by atoms with Crippen LogP contribution in [-0.2, 0) is 4.79 Å². The summed E-state index contributed by atoms with van der Waals surface area (Å²) in [4.78, 5) is 22.0. The average molecular weight is 148 g/mol. The molecular formula is C7H6N3O+. The summed E-state index contributed by atoms with van der Waals surface area (Å²) in [6, 6.07) is -0.360. The number of rotatable bonds is 1. The van der Waals surface area contributed by atoms with Gasteiger partial charge in [0.15, 0.2) is 5.49 Å². The highest BCUT2D eigenvalue weighted by molar-refractivity contribution is 5.69. The molecular weight excluding hydrogens is 142 g/mol. The molecule has 0 spiro atoms. The van der Waals surface area contributed by atoms with Gasteiger partial charge in [-0.3, -0.25) is 4.99 Å². The molecule has 4 nitrogen and oxygen atoms in total. The molecule has 1 atom stereocenters. The monoisotopic (exact) mass is 148 g/mol. The summed E-state index contributed by atoms with van der Waals surface area (Å²) in [5.74, 6) is 0. The van der Waals surface area contributed by atoms with Crippen molar-refractivity contribution in [3.8, 4) is 0 Å². The molecule has 1 aliphatic rings. The van der Waals surface area contributed by atoms with Crippen LogP contribution in [0, 0.1) is 0 Å². The predicted molar refractivity (Wildman–Crippen MR) is 38.2 cm³/mol. The highest BCUT2D eigenvalue weighted by Gasteiger charge is 2.06. The highest BCUT2D eigenvalue weighted by Crippen LogP contribution is 1.88. The number of aldehydes is 1. The summed E-state index contributed by atoms with van der Waals surface area (Å²) < 4.78 is 0. The van der Waals surface area contributed by atoms with E-state index in [9.17, 15) is 4.79 Å². The van der Waals surface area contributed by atoms with Crippen LogP contribution in [0.2, 0.25) is 0 Å². The maximum absolute atomic E-state index is 10.3. The molecule has 2 rings (SSSR count). The molecule has 4 heteroatoms. The van der Waals surface area contributed by atoms with Gasteiger partial charge in [0.1, 0.15) is 18.7 Å². The van der Waals surface area contributed by atoms with Crippen molar-refractivity contribution in [2.45, 2.75) is 6.04 Å². The molecule has 1 unspecified atom stereocenters. The number of nitrogens with zero attached hydrogens (tertiary/aromatic N) is 3. The Morgan fingerprint density at radius 1 is 1.64 bits per heavy atom. The Bertz CT molecular complexity index is 368. The van der Waals surface area contributed by atoms with Gasteiger partial charge in [-0.2, -0.15) is 0 Å². The van der Waals surface area contributed by atoms with E-state index in [1.54, 1.807) is 12.3 Å². The standard InChI is InChI=1S/C7H5N3O/c11-3-6-1-5-2-8-4-9-7(5)10-6/h1-4,6H/p+1. The van der Waals surface area contributed by atoms with E-state index in [2.05, 4.69) is 15.0 Å². The lowest BCUT2D eigenvalue weighted by molar-refractivity contribution is -0.107. The van der Waals surface area contributed by atoms with Gasteiger partial charge in [0.05, 0.1) is 0 Å². The second kappa shape index (κ2) is 2.23. The first-order valence-corrected chi connectivity index (χ1v) is 3.21. The van der Waals surface area contributed by atoms with E-state index in [1.165, 1.54) is 6.33 Å². The third-order valence-electron chi connectivity index (χ3n) is 1.48. The molecule has 0 amide bonds. The van der Waals surface area contributed by atoms with E-state index < -0.39 is 0 Å². The van der Waals surface area contributed by atoms with Crippen LogP contribution in [0.1, 0.15) is 1.43 Å². The summed E-state index contributed by atoms with van der Waals surface area (Å²) in [7, 11) is 0. The van der Waals surface area contributed by atoms with E-state index in [-0.39, 0.29) is 7.47 Å². The molecule has 0 bridgehead atoms. The summed E-state index contributed by atoms with van der Waals surface area (Å²) in [5, 5.41) is 0.838. The SMILES string of the molecule is O=CC1C=c2cncnc2=N1.[H+]. The van der Waals surface area contributed by atoms with Gasteiger partial charge in [-0.25, -0.2) is 9.97 Å². The normalized spacial score (nSPS) is 19.8. The molecule has 54 valence electrons. The van der Waals surface area contributed by atoms with E-state index in [1.807, 2.05) is 0 Å². The summed E-state index contributed by atoms with van der Waals surface area (Å²) >= 11 is 0. The van der Waals surface area contributed by atoms with Crippen molar-refractivity contribution in [1.29, 1.82) is 0 Å². The highest BCUT2D eigenvalue weighted by atomic mass is 16.1. The number of aromatic nitrogens is 2. The first-order chi connectivity index (χ1) is 5.40. The summed E-state index contributed by atoms with van der Waals surface area (Å²) in [5.41, 5.74) is 0.608. The number of carbonyl (C=O) groups is 1. The minimum atomic E-state index is -0.360. The molecule has 0 saturated heterocycles. The molecule has 0 fully saturated rings. The minimum Gasteiger partial charge on any atom is -0.301 e. The fourth-order valence-corrected chi connectivity index (χ4v) is 0.992. The van der Waals surface area contributed by atoms with Gasteiger partial charge in [-0.1, -0.05) is 0 Å². The van der Waals surface area contributed by atoms with Gasteiger partial charge in [0, 0.05) is 11.4 Å². The maximum Gasteiger partial charge on any atom is 1.00 e. The molecule has 1 aliphatic heterocycles. The minimum absolute atomic E-state index is 0. The second-order valence-corrected chi connectivity index (χ2v) is 2.22. The van der Waals surface area contributed by atoms with Crippen molar-refractivity contribution in [3.05, 3.63) is 23.2 Å². The van der Waals surface area contributed by atoms with Crippen LogP contribution in [0.4, 0.5) is 0 Å². The summed E-state index contributed by atoms with van der Waals surface area (Å²) in [6.45, 7) is 0. The van der Waals surface area contributed by atoms with Crippen LogP contribution in [0.25, 0.3) is 6.08 Å². The first-order valence-electron chi connectivity index (χ1n) is 3.21. The van der Waals surface area contributed by atoms with E-state index in [0.717, 1.165) is 11.5 Å². The van der Waals surface area contributed by atoms with Crippen LogP contribution >= 0.6 is 0 Å². The Kier molecular flexibility index (Phi) is 1.25. The van der Waals surface area contributed by atoms with Crippen LogP contribution in [0.5, 0.6) is 0 Å². The Balaban J connectivity index is 0.000000720. The Labute approximate surface area is 63.8 Å². The lowest BCUT2D eigenvalue weighted by Crippen LogP contribution is -2.24. The van der Waals surface area contributed by atoms with Crippen molar-refractivity contribution in [3.63, 3.8) is 0 Å². The third kappa shape index (κ3) is 0.920. The zero-order valence-electron chi connectivity index (χ0n) is 6.64. The van der Waals surface area contributed by atoms with Gasteiger partial charge < -0.3 is 4.79 Å². The molecule has 0 aromatic carbocycles. The summed E-state index contributed by atoms with van der Waals surface area (Å²) in [6.07, 6.45) is 5.59. The van der Waals surface area contributed by atoms with E-state index in [4.69, 9.17) is 0 Å². The molecule has 11 heavy (non-hydrogen) atoms. The van der Waals surface area contributed by atoms with Crippen molar-refractivity contribution >= 4 is 12.4 Å². The van der Waals surface area contributed by atoms with Gasteiger partial charge >= 0.3 is 1.43 Å². The lowest BCUT2D eigenvalue weighted by Gasteiger charge is -1.84. The number of fused-ring (bicyclic) bond motifs is 1. The molecule has 2 heterocycles. The third-order valence-corrected chi connectivity index (χ3v) is 1.48. The van der Waals surface area contributed by atoms with E-state index in [0.29, 0.717) is 5.49 Å². The average Bonchev–Trinajstić information content (AvgIpc) is 2.46. The van der Waals surface area contributed by atoms with Gasteiger partial charge in [-0.05, 0) is 6.08 Å². The van der Waals surface area contributed by atoms with Crippen molar-refractivity contribution in [2.24, 2.45) is 4.99 Å². The molecule has 0 N–H and O–H groups in total. The van der Waals surface area contributed by atoms with Gasteiger partial charge in [0.25, 0.3) is 0 Å². The second-order valence-electron chi connectivity index (χ2n) is 2.22. The van der Waals surface area contributed by atoms with Crippen LogP contribution in [0.15, 0.2) is 17.5 Å². The quantitative estimate of drug-likeness (QED) is 0.459. The van der Waals surface area contributed by atoms with Gasteiger partial charge in [0.2, 0.25) is 0 Å². The zero-order chi connectivity index (χ0) is 7.68. The van der Waals surface area contributed by atoms with Crippen LogP contribution in [0.3, 0.4) is 0 Å². The largest absolute Gasteiger partial charge is 1.00 e. The van der Waals surface area contributed by atoms with Crippen molar-refractivity contribution < 1.29 is 6.22 Å². The zero-order valence-corrected chi connectivity index (χ0v) is 5.64. The Morgan fingerprint density at radius 3 is 3.27 bits per heavy atom. The lowest BCUT2D eigenvalue weighted by atomic mass is 10.3. The van der Waals surface area contributed by atoms with Crippen LogP contribution < -0.4 is 10.7 Å². The van der Waals surface area contributed by atoms with Crippen molar-refractivity contribution in [1.82, 2.24) is 9.97 Å². The first kappa shape index (κ1) is 6.15. The number of carbonyl (C=O) groups excluding carboxylic acids is 1. The molecule has 0 aliphatic carbocycles. The maximum atomic E-state index is 10.3. The molecule has 1 aromatic heterocycles. The molecule has 0 saturated carbocycles. The topological polar surface area (TPSA) is 55.2 Å². The van der Waals surface area contributed by atoms with Gasteiger partial charge in [-0.15, -0.1) is 0 Å². The fraction of sp³-hybridized carbons (Fsp3) is 0.143. The number of hydrogen-bond acceptors (Lipinski definition) is 4. The predicted octanol–water partition coefficient (Wildman–Crippen LogP) is -1.43. The smallest absolute Gasteiger partial charge is 0.301 e. The number of hydrogen-bond donors (Lipinski definition) is 0. The Morgan fingerprint density at radius 2 is 2.55 bits per heavy atom. The van der Waals surface area contributed by atoms with E-state index >= 15 is 0 Å². The van der Waals surface area contributed by atoms with Crippen molar-refractivity contribution in [2.75, 3.05) is 0 Å².